The Labute approximate surface area is 198 Å². The third kappa shape index (κ3) is 4.48. The van der Waals surface area contributed by atoms with Gasteiger partial charge in [0.2, 0.25) is 5.91 Å². The van der Waals surface area contributed by atoms with Crippen molar-refractivity contribution in [2.45, 2.75) is 49.7 Å². The van der Waals surface area contributed by atoms with Gasteiger partial charge in [-0.05, 0) is 74.0 Å². The molecule has 0 N–H and O–H groups in total. The number of imide groups is 1. The van der Waals surface area contributed by atoms with E-state index >= 15 is 0 Å². The van der Waals surface area contributed by atoms with Gasteiger partial charge < -0.3 is 4.90 Å². The number of hydrogen-bond acceptors (Lipinski definition) is 5. The number of carbonyl (C=O) groups excluding carboxylic acids is 3. The second-order valence-corrected chi connectivity index (χ2v) is 9.95. The van der Waals surface area contributed by atoms with Crippen molar-refractivity contribution in [1.82, 2.24) is 9.88 Å². The van der Waals surface area contributed by atoms with Gasteiger partial charge in [-0.15, -0.1) is 0 Å². The molecule has 1 atom stereocenters. The van der Waals surface area contributed by atoms with Crippen LogP contribution in [0.3, 0.4) is 0 Å². The number of benzene rings is 1. The number of hydrogen-bond donors (Lipinski definition) is 0. The van der Waals surface area contributed by atoms with E-state index in [1.54, 1.807) is 37.1 Å². The zero-order valence-electron chi connectivity index (χ0n) is 18.8. The molecule has 4 amide bonds. The Morgan fingerprint density at radius 1 is 1.12 bits per heavy atom. The molecule has 0 radical (unpaired) electrons. The summed E-state index contributed by atoms with van der Waals surface area (Å²) in [5, 5.41) is 0. The first-order valence-electron chi connectivity index (χ1n) is 10.7. The summed E-state index contributed by atoms with van der Waals surface area (Å²) in [6.45, 7) is 5.78. The van der Waals surface area contributed by atoms with Crippen LogP contribution in [0.4, 0.5) is 29.5 Å². The molecule has 2 aromatic rings. The molecule has 1 unspecified atom stereocenters. The Kier molecular flexibility index (Phi) is 6.09. The zero-order chi connectivity index (χ0) is 24.8. The van der Waals surface area contributed by atoms with Crippen molar-refractivity contribution in [3.05, 3.63) is 48.2 Å². The van der Waals surface area contributed by atoms with Crippen LogP contribution in [0.15, 0.2) is 47.5 Å². The number of rotatable bonds is 5. The summed E-state index contributed by atoms with van der Waals surface area (Å²) >= 11 is -0.265. The van der Waals surface area contributed by atoms with Crippen LogP contribution in [0.1, 0.15) is 32.8 Å². The Hall–Kier alpha value is -3.08. The molecule has 2 aliphatic heterocycles. The van der Waals surface area contributed by atoms with E-state index in [9.17, 15) is 27.6 Å². The fourth-order valence-electron chi connectivity index (χ4n) is 4.06. The van der Waals surface area contributed by atoms with E-state index in [0.717, 1.165) is 11.3 Å². The highest BCUT2D eigenvalue weighted by Crippen LogP contribution is 2.39. The maximum atomic E-state index is 13.3. The Morgan fingerprint density at radius 2 is 1.79 bits per heavy atom. The average Bonchev–Trinajstić information content (AvgIpc) is 3.17. The van der Waals surface area contributed by atoms with E-state index in [-0.39, 0.29) is 40.7 Å². The number of pyridine rings is 1. The van der Waals surface area contributed by atoms with Gasteiger partial charge in [0.05, 0.1) is 5.69 Å². The van der Waals surface area contributed by atoms with E-state index in [1.807, 2.05) is 6.92 Å². The second-order valence-electron chi connectivity index (χ2n) is 8.81. The summed E-state index contributed by atoms with van der Waals surface area (Å²) in [5.41, 5.74) is -4.71. The lowest BCUT2D eigenvalue weighted by Gasteiger charge is -2.28. The molecule has 0 spiro atoms. The van der Waals surface area contributed by atoms with Gasteiger partial charge in [0.15, 0.2) is 0 Å². The predicted octanol–water partition coefficient (Wildman–Crippen LogP) is 4.81. The lowest BCUT2D eigenvalue weighted by molar-refractivity contribution is -0.123. The number of amides is 4. The highest BCUT2D eigenvalue weighted by atomic mass is 32.2. The van der Waals surface area contributed by atoms with E-state index in [4.69, 9.17) is 0 Å². The number of aromatic nitrogens is 1. The molecule has 0 aliphatic carbocycles. The maximum absolute atomic E-state index is 13.3. The van der Waals surface area contributed by atoms with Gasteiger partial charge in [0.25, 0.3) is 5.91 Å². The van der Waals surface area contributed by atoms with Gasteiger partial charge in [-0.3, -0.25) is 14.5 Å². The summed E-state index contributed by atoms with van der Waals surface area (Å²) in [7, 11) is 0. The van der Waals surface area contributed by atoms with Crippen LogP contribution in [0.2, 0.25) is 0 Å². The van der Waals surface area contributed by atoms with E-state index in [2.05, 4.69) is 4.98 Å². The van der Waals surface area contributed by atoms with Crippen molar-refractivity contribution in [3.63, 3.8) is 0 Å². The molecule has 180 valence electrons. The van der Waals surface area contributed by atoms with Crippen LogP contribution in [0, 0.1) is 5.92 Å². The first-order valence-corrected chi connectivity index (χ1v) is 11.5. The van der Waals surface area contributed by atoms with Gasteiger partial charge in [0.1, 0.15) is 11.4 Å². The fraction of sp³-hybridized carbons (Fsp3) is 0.391. The molecule has 3 heterocycles. The molecule has 34 heavy (non-hydrogen) atoms. The van der Waals surface area contributed by atoms with Crippen molar-refractivity contribution < 1.29 is 27.6 Å². The monoisotopic (exact) mass is 492 g/mol. The molecule has 0 bridgehead atoms. The first-order chi connectivity index (χ1) is 15.9. The van der Waals surface area contributed by atoms with Gasteiger partial charge in [-0.1, -0.05) is 6.92 Å². The Balaban J connectivity index is 1.56. The smallest absolute Gasteiger partial charge is 0.305 e. The van der Waals surface area contributed by atoms with Crippen molar-refractivity contribution in [2.75, 3.05) is 16.3 Å². The van der Waals surface area contributed by atoms with Gasteiger partial charge in [-0.25, -0.2) is 14.7 Å². The topological polar surface area (TPSA) is 73.8 Å². The van der Waals surface area contributed by atoms with Gasteiger partial charge >= 0.3 is 11.5 Å². The number of urea groups is 1. The highest BCUT2D eigenvalue weighted by molar-refractivity contribution is 8.00. The third-order valence-corrected chi connectivity index (χ3v) is 6.79. The van der Waals surface area contributed by atoms with Crippen molar-refractivity contribution in [1.29, 1.82) is 0 Å². The van der Waals surface area contributed by atoms with Crippen LogP contribution < -0.4 is 9.80 Å². The minimum absolute atomic E-state index is 0.00397. The SMILES string of the molecule is CC1CCN(c2cc(CN3C(=O)N(c4ccc(SC(F)(F)F)cc4)C(=O)C3(C)C)ccn2)C1=O. The largest absolute Gasteiger partial charge is 0.446 e. The Morgan fingerprint density at radius 3 is 2.38 bits per heavy atom. The molecular formula is C23H23F3N4O3S. The fourth-order valence-corrected chi connectivity index (χ4v) is 4.60. The lowest BCUT2D eigenvalue weighted by atomic mass is 10.0. The number of carbonyl (C=O) groups is 3. The number of halogens is 3. The van der Waals surface area contributed by atoms with Gasteiger partial charge in [-0.2, -0.15) is 13.2 Å². The molecule has 7 nitrogen and oxygen atoms in total. The third-order valence-electron chi connectivity index (χ3n) is 6.05. The van der Waals surface area contributed by atoms with Crippen LogP contribution >= 0.6 is 11.8 Å². The van der Waals surface area contributed by atoms with Gasteiger partial charge in [0, 0.05) is 30.1 Å². The second kappa shape index (κ2) is 8.61. The van der Waals surface area contributed by atoms with E-state index < -0.39 is 23.0 Å². The summed E-state index contributed by atoms with van der Waals surface area (Å²) in [4.78, 5) is 47.0. The normalized spacial score (nSPS) is 20.6. The number of thioether (sulfide) groups is 1. The average molecular weight is 493 g/mol. The van der Waals surface area contributed by atoms with Crippen LogP contribution in [0.5, 0.6) is 0 Å². The molecule has 1 aromatic carbocycles. The predicted molar refractivity (Wildman–Crippen MR) is 121 cm³/mol. The van der Waals surface area contributed by atoms with E-state index in [0.29, 0.717) is 17.9 Å². The minimum atomic E-state index is -4.43. The zero-order valence-corrected chi connectivity index (χ0v) is 19.6. The van der Waals surface area contributed by atoms with Crippen molar-refractivity contribution >= 4 is 41.1 Å². The van der Waals surface area contributed by atoms with Crippen molar-refractivity contribution in [3.8, 4) is 0 Å². The molecule has 4 rings (SSSR count). The summed E-state index contributed by atoms with van der Waals surface area (Å²) < 4.78 is 37.8. The maximum Gasteiger partial charge on any atom is 0.446 e. The number of nitrogens with zero attached hydrogens (tertiary/aromatic N) is 4. The van der Waals surface area contributed by atoms with Crippen molar-refractivity contribution in [2.24, 2.45) is 5.92 Å². The summed E-state index contributed by atoms with van der Waals surface area (Å²) in [6.07, 6.45) is 2.30. The van der Waals surface area contributed by atoms with Crippen LogP contribution in [-0.4, -0.2) is 45.3 Å². The Bertz CT molecular complexity index is 1140. The molecule has 2 aliphatic rings. The van der Waals surface area contributed by atoms with E-state index in [1.165, 1.54) is 29.2 Å². The number of alkyl halides is 3. The first kappa shape index (κ1) is 24.1. The molecule has 0 saturated carbocycles. The van der Waals surface area contributed by atoms with Crippen LogP contribution in [-0.2, 0) is 16.1 Å². The quantitative estimate of drug-likeness (QED) is 0.442. The summed E-state index contributed by atoms with van der Waals surface area (Å²) in [5.74, 6) is -0.0591. The molecule has 2 saturated heterocycles. The highest BCUT2D eigenvalue weighted by Gasteiger charge is 2.51. The summed E-state index contributed by atoms with van der Waals surface area (Å²) in [6, 6.07) is 7.99. The minimum Gasteiger partial charge on any atom is -0.305 e. The van der Waals surface area contributed by atoms with Crippen LogP contribution in [0.25, 0.3) is 0 Å². The molecule has 1 aromatic heterocycles. The standard InChI is InChI=1S/C23H23F3N4O3S/c1-14-9-11-28(19(14)31)18-12-15(8-10-27-18)13-29-21(33)30(20(32)22(29,2)3)16-4-6-17(7-5-16)34-23(24,25)26/h4-8,10,12,14H,9,11,13H2,1-3H3. The molecular weight excluding hydrogens is 469 g/mol. The lowest BCUT2D eigenvalue weighted by Crippen LogP contribution is -2.43. The molecule has 11 heteroatoms. The molecule has 2 fully saturated rings. The number of anilines is 2.